The van der Waals surface area contributed by atoms with Gasteiger partial charge in [-0.25, -0.2) is 4.68 Å². The third-order valence-corrected chi connectivity index (χ3v) is 5.50. The Labute approximate surface area is 189 Å². The molecule has 1 N–H and O–H groups in total. The predicted octanol–water partition coefficient (Wildman–Crippen LogP) is 5.30. The molecule has 1 fully saturated rings. The van der Waals surface area contributed by atoms with E-state index in [1.54, 1.807) is 4.90 Å². The minimum Gasteiger partial charge on any atom is -0.507 e. The molecule has 1 aromatic heterocycles. The lowest BCUT2D eigenvalue weighted by Crippen LogP contribution is -2.35. The van der Waals surface area contributed by atoms with Crippen LogP contribution in [-0.4, -0.2) is 44.0 Å². The Kier molecular flexibility index (Phi) is 6.00. The highest BCUT2D eigenvalue weighted by Gasteiger charge is 2.37. The van der Waals surface area contributed by atoms with E-state index < -0.39 is 29.0 Å². The topological polar surface area (TPSA) is 71.2 Å². The van der Waals surface area contributed by atoms with E-state index in [0.717, 1.165) is 30.1 Å². The summed E-state index contributed by atoms with van der Waals surface area (Å²) in [6.45, 7) is 1.17. The van der Waals surface area contributed by atoms with Crippen LogP contribution in [0.1, 0.15) is 40.7 Å². The van der Waals surface area contributed by atoms with Gasteiger partial charge in [0.2, 0.25) is 0 Å². The maximum absolute atomic E-state index is 13.1. The third-order valence-electron chi connectivity index (χ3n) is 5.50. The number of aromatic hydroxyl groups is 1. The Balaban J connectivity index is 1.65. The number of halogens is 6. The van der Waals surface area contributed by atoms with Crippen LogP contribution in [0.25, 0.3) is 16.9 Å². The highest BCUT2D eigenvalue weighted by molar-refractivity contribution is 5.97. The Morgan fingerprint density at radius 3 is 2.06 bits per heavy atom. The summed E-state index contributed by atoms with van der Waals surface area (Å²) in [7, 11) is 0. The fourth-order valence-corrected chi connectivity index (χ4v) is 3.74. The number of hydrogen-bond donors (Lipinski definition) is 1. The van der Waals surface area contributed by atoms with Crippen LogP contribution < -0.4 is 0 Å². The molecule has 2 heterocycles. The van der Waals surface area contributed by atoms with Crippen molar-refractivity contribution in [2.45, 2.75) is 31.6 Å². The molecular formula is C22H18F6N4O2. The largest absolute Gasteiger partial charge is 0.507 e. The van der Waals surface area contributed by atoms with Crippen LogP contribution in [-0.2, 0) is 12.4 Å². The minimum absolute atomic E-state index is 0.0318. The number of aromatic nitrogens is 3. The fraction of sp³-hybridized carbons (Fsp3) is 0.318. The molecule has 3 aromatic rings. The van der Waals surface area contributed by atoms with Gasteiger partial charge >= 0.3 is 12.4 Å². The smallest absolute Gasteiger partial charge is 0.416 e. The molecule has 0 spiro atoms. The van der Waals surface area contributed by atoms with E-state index in [0.29, 0.717) is 25.2 Å². The molecule has 0 radical (unpaired) electrons. The van der Waals surface area contributed by atoms with Crippen LogP contribution in [0.3, 0.4) is 0 Å². The molecule has 6 nitrogen and oxygen atoms in total. The Morgan fingerprint density at radius 1 is 0.882 bits per heavy atom. The van der Waals surface area contributed by atoms with Gasteiger partial charge in [0.25, 0.3) is 5.91 Å². The van der Waals surface area contributed by atoms with Gasteiger partial charge in [0.15, 0.2) is 0 Å². The van der Waals surface area contributed by atoms with Gasteiger partial charge in [0, 0.05) is 24.7 Å². The summed E-state index contributed by atoms with van der Waals surface area (Å²) in [4.78, 5) is 14.3. The van der Waals surface area contributed by atoms with Gasteiger partial charge in [-0.05, 0) is 49.6 Å². The number of carbonyl (C=O) groups is 1. The van der Waals surface area contributed by atoms with Crippen LogP contribution in [0, 0.1) is 0 Å². The van der Waals surface area contributed by atoms with Crippen LogP contribution >= 0.6 is 0 Å². The molecule has 4 rings (SSSR count). The molecule has 1 aliphatic rings. The van der Waals surface area contributed by atoms with Crippen molar-refractivity contribution in [3.05, 3.63) is 59.3 Å². The summed E-state index contributed by atoms with van der Waals surface area (Å²) in [6.07, 6.45) is -6.07. The van der Waals surface area contributed by atoms with E-state index in [2.05, 4.69) is 10.3 Å². The number of benzene rings is 2. The highest BCUT2D eigenvalue weighted by Crippen LogP contribution is 2.38. The van der Waals surface area contributed by atoms with E-state index in [-0.39, 0.29) is 34.7 Å². The van der Waals surface area contributed by atoms with Gasteiger partial charge in [0.1, 0.15) is 11.4 Å². The highest BCUT2D eigenvalue weighted by atomic mass is 19.4. The Hall–Kier alpha value is -3.57. The number of likely N-dealkylation sites (tertiary alicyclic amines) is 1. The molecule has 0 atom stereocenters. The average Bonchev–Trinajstić information content (AvgIpc) is 3.28. The molecule has 2 aromatic carbocycles. The standard InChI is InChI=1S/C22H18F6N4O2/c23-21(24,25)14-8-13(9-15(10-14)22(26,27)28)18-12-32(30-29-18)16-4-5-17(19(33)11-16)20(34)31-6-2-1-3-7-31/h4-5,8-12,33H,1-3,6-7H2. The number of carbonyl (C=O) groups excluding carboxylic acids is 1. The lowest BCUT2D eigenvalue weighted by molar-refractivity contribution is -0.143. The van der Waals surface area contributed by atoms with Crippen molar-refractivity contribution in [1.29, 1.82) is 0 Å². The van der Waals surface area contributed by atoms with Crippen molar-refractivity contribution in [1.82, 2.24) is 19.9 Å². The van der Waals surface area contributed by atoms with Crippen LogP contribution in [0.15, 0.2) is 42.6 Å². The second kappa shape index (κ2) is 8.65. The van der Waals surface area contributed by atoms with E-state index in [1.807, 2.05) is 0 Å². The summed E-state index contributed by atoms with van der Waals surface area (Å²) in [5, 5.41) is 17.8. The SMILES string of the molecule is O=C(c1ccc(-n2cc(-c3cc(C(F)(F)F)cc(C(F)(F)F)c3)nn2)cc1O)N1CCCCC1. The van der Waals surface area contributed by atoms with Crippen molar-refractivity contribution in [2.24, 2.45) is 0 Å². The number of piperidine rings is 1. The number of alkyl halides is 6. The molecule has 0 aliphatic carbocycles. The van der Waals surface area contributed by atoms with E-state index in [9.17, 15) is 36.2 Å². The van der Waals surface area contributed by atoms with Crippen molar-refractivity contribution in [3.8, 4) is 22.7 Å². The number of nitrogens with zero attached hydrogens (tertiary/aromatic N) is 4. The van der Waals surface area contributed by atoms with Crippen LogP contribution in [0.4, 0.5) is 26.3 Å². The first-order valence-corrected chi connectivity index (χ1v) is 10.3. The molecule has 1 amide bonds. The first-order chi connectivity index (χ1) is 15.9. The van der Waals surface area contributed by atoms with E-state index in [4.69, 9.17) is 0 Å². The second-order valence-electron chi connectivity index (χ2n) is 7.90. The normalized spacial score (nSPS) is 14.9. The average molecular weight is 484 g/mol. The molecule has 0 bridgehead atoms. The van der Waals surface area contributed by atoms with Gasteiger partial charge in [-0.3, -0.25) is 4.79 Å². The van der Waals surface area contributed by atoms with Crippen LogP contribution in [0.5, 0.6) is 5.75 Å². The van der Waals surface area contributed by atoms with Crippen LogP contribution in [0.2, 0.25) is 0 Å². The number of phenols is 1. The molecule has 1 saturated heterocycles. The summed E-state index contributed by atoms with van der Waals surface area (Å²) in [5.74, 6) is -0.657. The van der Waals surface area contributed by atoms with Gasteiger partial charge in [-0.15, -0.1) is 5.10 Å². The zero-order chi connectivity index (χ0) is 24.7. The maximum atomic E-state index is 13.1. The zero-order valence-electron chi connectivity index (χ0n) is 17.5. The third kappa shape index (κ3) is 4.85. The van der Waals surface area contributed by atoms with Crippen molar-refractivity contribution >= 4 is 5.91 Å². The van der Waals surface area contributed by atoms with Gasteiger partial charge < -0.3 is 10.0 Å². The molecule has 1 aliphatic heterocycles. The minimum atomic E-state index is -4.99. The van der Waals surface area contributed by atoms with Gasteiger partial charge in [-0.2, -0.15) is 26.3 Å². The Morgan fingerprint density at radius 2 is 1.50 bits per heavy atom. The van der Waals surface area contributed by atoms with Gasteiger partial charge in [-0.1, -0.05) is 5.21 Å². The molecule has 0 unspecified atom stereocenters. The molecule has 12 heteroatoms. The van der Waals surface area contributed by atoms with E-state index >= 15 is 0 Å². The summed E-state index contributed by atoms with van der Waals surface area (Å²) >= 11 is 0. The molecule has 0 saturated carbocycles. The Bertz CT molecular complexity index is 1180. The fourth-order valence-electron chi connectivity index (χ4n) is 3.74. The van der Waals surface area contributed by atoms with Crippen molar-refractivity contribution in [2.75, 3.05) is 13.1 Å². The molecule has 34 heavy (non-hydrogen) atoms. The quantitative estimate of drug-likeness (QED) is 0.512. The summed E-state index contributed by atoms with van der Waals surface area (Å²) in [5.41, 5.74) is -3.29. The predicted molar refractivity (Wildman–Crippen MR) is 108 cm³/mol. The summed E-state index contributed by atoms with van der Waals surface area (Å²) in [6, 6.07) is 5.20. The lowest BCUT2D eigenvalue weighted by atomic mass is 10.0. The first-order valence-electron chi connectivity index (χ1n) is 10.3. The monoisotopic (exact) mass is 484 g/mol. The molecular weight excluding hydrogens is 466 g/mol. The van der Waals surface area contributed by atoms with Gasteiger partial charge in [0.05, 0.1) is 28.6 Å². The lowest BCUT2D eigenvalue weighted by Gasteiger charge is -2.27. The summed E-state index contributed by atoms with van der Waals surface area (Å²) < 4.78 is 79.9. The zero-order valence-corrected chi connectivity index (χ0v) is 17.5. The second-order valence-corrected chi connectivity index (χ2v) is 7.90. The number of rotatable bonds is 3. The van der Waals surface area contributed by atoms with E-state index in [1.165, 1.54) is 18.2 Å². The number of amides is 1. The van der Waals surface area contributed by atoms with Crippen molar-refractivity contribution < 1.29 is 36.2 Å². The molecule has 180 valence electrons. The number of phenolic OH excluding ortho intramolecular Hbond substituents is 1. The maximum Gasteiger partial charge on any atom is 0.416 e. The first kappa shape index (κ1) is 23.6. The van der Waals surface area contributed by atoms with Crippen molar-refractivity contribution in [3.63, 3.8) is 0 Å². The number of hydrogen-bond acceptors (Lipinski definition) is 4.